The molecule has 4 aromatic rings. The van der Waals surface area contributed by atoms with Crippen molar-refractivity contribution in [1.29, 1.82) is 0 Å². The number of nitrogens with one attached hydrogen (secondary N) is 2. The topological polar surface area (TPSA) is 139 Å². The summed E-state index contributed by atoms with van der Waals surface area (Å²) in [6.45, 7) is 2.50. The lowest BCUT2D eigenvalue weighted by atomic mass is 9.96. The summed E-state index contributed by atoms with van der Waals surface area (Å²) in [5.74, 6) is 0.915. The zero-order valence-corrected chi connectivity index (χ0v) is 19.9. The first-order valence-corrected chi connectivity index (χ1v) is 10.5. The first-order chi connectivity index (χ1) is 16.0. The number of hydrogen-bond acceptors (Lipinski definition) is 8. The second-order valence-electron chi connectivity index (χ2n) is 7.68. The van der Waals surface area contributed by atoms with Gasteiger partial charge in [0, 0.05) is 54.5 Å². The molecule has 0 radical (unpaired) electrons. The molecule has 4 rings (SSSR count). The van der Waals surface area contributed by atoms with Crippen LogP contribution in [0.5, 0.6) is 0 Å². The molecule has 9 nitrogen and oxygen atoms in total. The van der Waals surface area contributed by atoms with Crippen LogP contribution in [0.3, 0.4) is 0 Å². The molecule has 34 heavy (non-hydrogen) atoms. The van der Waals surface area contributed by atoms with Gasteiger partial charge in [-0.2, -0.15) is 13.5 Å². The molecule has 3 heterocycles. The molecule has 0 spiro atoms. The Balaban J connectivity index is 0.00000324. The van der Waals surface area contributed by atoms with Crippen molar-refractivity contribution in [2.75, 3.05) is 24.6 Å². The number of carbonyl (C=O) groups is 1. The van der Waals surface area contributed by atoms with E-state index >= 15 is 0 Å². The minimum Gasteiger partial charge on any atom is -0.392 e. The summed E-state index contributed by atoms with van der Waals surface area (Å²) < 4.78 is 0. The molecule has 5 N–H and O–H groups in total. The Morgan fingerprint density at radius 2 is 1.97 bits per heavy atom. The second-order valence-corrected chi connectivity index (χ2v) is 7.68. The number of benzene rings is 1. The number of nitrogens with zero attached hydrogens (tertiary/aromatic N) is 4. The van der Waals surface area contributed by atoms with Gasteiger partial charge in [-0.05, 0) is 17.7 Å². The zero-order chi connectivity index (χ0) is 23.4. The first kappa shape index (κ1) is 24.9. The van der Waals surface area contributed by atoms with Gasteiger partial charge in [0.05, 0.1) is 23.4 Å². The lowest BCUT2D eigenvalue weighted by Crippen LogP contribution is -2.18. The van der Waals surface area contributed by atoms with Crippen molar-refractivity contribution in [3.05, 3.63) is 71.8 Å². The summed E-state index contributed by atoms with van der Waals surface area (Å²) in [7, 11) is 1.62. The van der Waals surface area contributed by atoms with Crippen LogP contribution >= 0.6 is 13.5 Å². The van der Waals surface area contributed by atoms with Gasteiger partial charge in [-0.3, -0.25) is 9.78 Å². The molecule has 1 aromatic carbocycles. The van der Waals surface area contributed by atoms with Gasteiger partial charge in [-0.25, -0.2) is 15.0 Å². The number of hydrogen-bond donors (Lipinski definition) is 4. The van der Waals surface area contributed by atoms with Gasteiger partial charge in [0.15, 0.2) is 0 Å². The van der Waals surface area contributed by atoms with Gasteiger partial charge in [-0.1, -0.05) is 25.1 Å². The van der Waals surface area contributed by atoms with Crippen molar-refractivity contribution in [3.8, 4) is 11.3 Å². The third-order valence-electron chi connectivity index (χ3n) is 5.53. The Labute approximate surface area is 204 Å². The molecule has 0 aliphatic carbocycles. The maximum atomic E-state index is 12.2. The number of anilines is 2. The molecule has 0 saturated heterocycles. The van der Waals surface area contributed by atoms with Crippen molar-refractivity contribution in [1.82, 2.24) is 25.3 Å². The molecule has 0 unspecified atom stereocenters. The van der Waals surface area contributed by atoms with Crippen LogP contribution in [-0.4, -0.2) is 44.5 Å². The highest BCUT2D eigenvalue weighted by atomic mass is 32.1. The average Bonchev–Trinajstić information content (AvgIpc) is 2.86. The fourth-order valence-corrected chi connectivity index (χ4v) is 3.70. The molecule has 0 aliphatic heterocycles. The predicted molar refractivity (Wildman–Crippen MR) is 138 cm³/mol. The van der Waals surface area contributed by atoms with Gasteiger partial charge < -0.3 is 21.5 Å². The highest BCUT2D eigenvalue weighted by Crippen LogP contribution is 2.27. The third kappa shape index (κ3) is 5.08. The Bertz CT molecular complexity index is 1320. The molecule has 0 bridgehead atoms. The number of pyridine rings is 2. The van der Waals surface area contributed by atoms with Gasteiger partial charge in [0.1, 0.15) is 18.0 Å². The number of para-hydroxylation sites is 1. The van der Waals surface area contributed by atoms with E-state index in [1.807, 2.05) is 24.3 Å². The fourth-order valence-electron chi connectivity index (χ4n) is 3.70. The lowest BCUT2D eigenvalue weighted by Gasteiger charge is -2.16. The van der Waals surface area contributed by atoms with E-state index in [0.717, 1.165) is 22.0 Å². The molecular weight excluding hydrogens is 450 g/mol. The summed E-state index contributed by atoms with van der Waals surface area (Å²) >= 11 is 0. The molecule has 1 atom stereocenters. The Kier molecular flexibility index (Phi) is 7.98. The summed E-state index contributed by atoms with van der Waals surface area (Å²) in [6, 6.07) is 11.2. The van der Waals surface area contributed by atoms with Crippen LogP contribution in [0.1, 0.15) is 34.3 Å². The molecule has 1 amide bonds. The van der Waals surface area contributed by atoms with Crippen molar-refractivity contribution in [3.63, 3.8) is 0 Å². The smallest absolute Gasteiger partial charge is 0.251 e. The standard InChI is InChI=1S/C24H25N7O2.H2S/c1-14(17-4-3-5-18-19(24(33)26-2)6-7-27-22(17)18)10-28-21-9-20(30-13-31-21)15-8-16(12-32)23(25)29-11-15;/h3-9,11,13-14,32H,10,12H2,1-2H3,(H2,25,29)(H,26,33)(H,28,30,31);1H2/t14-;/m1./s1. The molecule has 0 fully saturated rings. The van der Waals surface area contributed by atoms with E-state index in [1.54, 1.807) is 31.6 Å². The number of aliphatic hydroxyl groups excluding tert-OH is 1. The molecule has 176 valence electrons. The van der Waals surface area contributed by atoms with Crippen molar-refractivity contribution >= 4 is 41.9 Å². The SMILES string of the molecule is CNC(=O)c1ccnc2c([C@H](C)CNc3cc(-c4cnc(N)c(CO)c4)ncn3)cccc12.S. The molecule has 3 aromatic heterocycles. The largest absolute Gasteiger partial charge is 0.392 e. The van der Waals surface area contributed by atoms with E-state index < -0.39 is 0 Å². The van der Waals surface area contributed by atoms with E-state index in [4.69, 9.17) is 5.73 Å². The summed E-state index contributed by atoms with van der Waals surface area (Å²) in [5.41, 5.74) is 10.2. The normalized spacial score (nSPS) is 11.5. The monoisotopic (exact) mass is 477 g/mol. The maximum absolute atomic E-state index is 12.2. The minimum atomic E-state index is -0.193. The predicted octanol–water partition coefficient (Wildman–Crippen LogP) is 2.85. The highest BCUT2D eigenvalue weighted by molar-refractivity contribution is 7.59. The van der Waals surface area contributed by atoms with Gasteiger partial charge >= 0.3 is 0 Å². The minimum absolute atomic E-state index is 0. The van der Waals surface area contributed by atoms with Crippen LogP contribution in [0, 0.1) is 0 Å². The van der Waals surface area contributed by atoms with Gasteiger partial charge in [-0.15, -0.1) is 0 Å². The van der Waals surface area contributed by atoms with E-state index in [9.17, 15) is 9.90 Å². The van der Waals surface area contributed by atoms with Crippen LogP contribution in [-0.2, 0) is 6.61 Å². The van der Waals surface area contributed by atoms with E-state index in [1.165, 1.54) is 6.33 Å². The average molecular weight is 478 g/mol. The van der Waals surface area contributed by atoms with Gasteiger partial charge in [0.2, 0.25) is 0 Å². The second kappa shape index (κ2) is 10.9. The number of rotatable bonds is 7. The Morgan fingerprint density at radius 3 is 2.74 bits per heavy atom. The fraction of sp³-hybridized carbons (Fsp3) is 0.208. The van der Waals surface area contributed by atoms with Crippen molar-refractivity contribution in [2.24, 2.45) is 0 Å². The Hall–Kier alpha value is -3.76. The highest BCUT2D eigenvalue weighted by Gasteiger charge is 2.15. The molecular formula is C24H27N7O2S. The molecule has 10 heteroatoms. The Morgan fingerprint density at radius 1 is 1.15 bits per heavy atom. The van der Waals surface area contributed by atoms with E-state index in [0.29, 0.717) is 35.0 Å². The van der Waals surface area contributed by atoms with E-state index in [2.05, 4.69) is 37.5 Å². The number of aromatic nitrogens is 4. The number of amides is 1. The van der Waals surface area contributed by atoms with Crippen molar-refractivity contribution < 1.29 is 9.90 Å². The maximum Gasteiger partial charge on any atom is 0.251 e. The van der Waals surface area contributed by atoms with Crippen LogP contribution < -0.4 is 16.4 Å². The van der Waals surface area contributed by atoms with Crippen LogP contribution in [0.4, 0.5) is 11.6 Å². The van der Waals surface area contributed by atoms with Gasteiger partial charge in [0.25, 0.3) is 5.91 Å². The number of nitrogen functional groups attached to an aromatic ring is 1. The van der Waals surface area contributed by atoms with Crippen LogP contribution in [0.15, 0.2) is 55.1 Å². The zero-order valence-electron chi connectivity index (χ0n) is 18.9. The van der Waals surface area contributed by atoms with Crippen LogP contribution in [0.2, 0.25) is 0 Å². The van der Waals surface area contributed by atoms with Crippen molar-refractivity contribution in [2.45, 2.75) is 19.4 Å². The first-order valence-electron chi connectivity index (χ1n) is 10.5. The number of carbonyl (C=O) groups excluding carboxylic acids is 1. The summed E-state index contributed by atoms with van der Waals surface area (Å²) in [4.78, 5) is 29.5. The summed E-state index contributed by atoms with van der Waals surface area (Å²) in [5, 5.41) is 16.3. The van der Waals surface area contributed by atoms with E-state index in [-0.39, 0.29) is 31.9 Å². The lowest BCUT2D eigenvalue weighted by molar-refractivity contribution is 0.0964. The van der Waals surface area contributed by atoms with Crippen LogP contribution in [0.25, 0.3) is 22.2 Å². The number of aliphatic hydroxyl groups is 1. The molecule has 0 saturated carbocycles. The number of nitrogens with two attached hydrogens (primary N) is 1. The quantitative estimate of drug-likeness (QED) is 0.319. The molecule has 0 aliphatic rings. The summed E-state index contributed by atoms with van der Waals surface area (Å²) in [6.07, 6.45) is 4.76. The number of fused-ring (bicyclic) bond motifs is 1. The third-order valence-corrected chi connectivity index (χ3v) is 5.53.